The summed E-state index contributed by atoms with van der Waals surface area (Å²) >= 11 is 0. The van der Waals surface area contributed by atoms with Gasteiger partial charge in [-0.2, -0.15) is 0 Å². The van der Waals surface area contributed by atoms with Crippen molar-refractivity contribution in [1.29, 1.82) is 0 Å². The first kappa shape index (κ1) is 12.7. The van der Waals surface area contributed by atoms with E-state index >= 15 is 0 Å². The molecule has 1 aliphatic heterocycles. The summed E-state index contributed by atoms with van der Waals surface area (Å²) in [6.45, 7) is 3.13. The van der Waals surface area contributed by atoms with E-state index in [1.165, 1.54) is 0 Å². The van der Waals surface area contributed by atoms with Crippen LogP contribution < -0.4 is 10.6 Å². The van der Waals surface area contributed by atoms with Gasteiger partial charge in [-0.3, -0.25) is 9.78 Å². The molecule has 4 heteroatoms. The summed E-state index contributed by atoms with van der Waals surface area (Å²) in [5.41, 5.74) is 4.13. The van der Waals surface area contributed by atoms with E-state index in [0.29, 0.717) is 13.1 Å². The van der Waals surface area contributed by atoms with E-state index in [2.05, 4.69) is 15.6 Å². The van der Waals surface area contributed by atoms with Gasteiger partial charge < -0.3 is 10.6 Å². The molecule has 1 aromatic carbocycles. The van der Waals surface area contributed by atoms with Crippen molar-refractivity contribution in [2.24, 2.45) is 0 Å². The summed E-state index contributed by atoms with van der Waals surface area (Å²) in [5, 5.41) is 6.25. The molecule has 1 aromatic heterocycles. The van der Waals surface area contributed by atoms with Crippen molar-refractivity contribution in [3.63, 3.8) is 0 Å². The average molecular weight is 267 g/mol. The Morgan fingerprint density at radius 2 is 2.20 bits per heavy atom. The fourth-order valence-corrected chi connectivity index (χ4v) is 2.43. The van der Waals surface area contributed by atoms with E-state index in [1.54, 1.807) is 6.20 Å². The maximum Gasteiger partial charge on any atom is 0.229 e. The summed E-state index contributed by atoms with van der Waals surface area (Å²) in [5.74, 6) is -0.0485. The van der Waals surface area contributed by atoms with Gasteiger partial charge in [-0.05, 0) is 30.2 Å². The smallest absolute Gasteiger partial charge is 0.229 e. The quantitative estimate of drug-likeness (QED) is 0.896. The number of nitrogens with zero attached hydrogens (tertiary/aromatic N) is 1. The summed E-state index contributed by atoms with van der Waals surface area (Å²) < 4.78 is 0. The Labute approximate surface area is 118 Å². The highest BCUT2D eigenvalue weighted by molar-refractivity contribution is 5.88. The number of benzene rings is 1. The summed E-state index contributed by atoms with van der Waals surface area (Å²) in [7, 11) is 0. The van der Waals surface area contributed by atoms with Crippen LogP contribution in [0.25, 0.3) is 0 Å². The van der Waals surface area contributed by atoms with Gasteiger partial charge in [-0.25, -0.2) is 0 Å². The van der Waals surface area contributed by atoms with Crippen molar-refractivity contribution in [3.8, 4) is 0 Å². The largest absolute Gasteiger partial charge is 0.384 e. The standard InChI is InChI=1S/C16H17N3O/c1-11-6-7-12(8-17-11)9-19-16(20)14-10-18-15-5-3-2-4-13(14)15/h2-8,14,18H,9-10H2,1H3,(H,19,20). The molecule has 0 fully saturated rings. The van der Waals surface area contributed by atoms with Crippen molar-refractivity contribution in [1.82, 2.24) is 10.3 Å². The minimum atomic E-state index is -0.107. The monoisotopic (exact) mass is 267 g/mol. The zero-order valence-electron chi connectivity index (χ0n) is 11.4. The van der Waals surface area contributed by atoms with Gasteiger partial charge in [-0.1, -0.05) is 24.3 Å². The predicted molar refractivity (Wildman–Crippen MR) is 78.5 cm³/mol. The lowest BCUT2D eigenvalue weighted by molar-refractivity contribution is -0.122. The normalized spacial score (nSPS) is 16.4. The van der Waals surface area contributed by atoms with Crippen LogP contribution in [0.4, 0.5) is 5.69 Å². The Balaban J connectivity index is 1.65. The van der Waals surface area contributed by atoms with Crippen molar-refractivity contribution in [3.05, 3.63) is 59.4 Å². The minimum Gasteiger partial charge on any atom is -0.384 e. The van der Waals surface area contributed by atoms with Gasteiger partial charge in [0.25, 0.3) is 0 Å². The zero-order valence-corrected chi connectivity index (χ0v) is 11.4. The van der Waals surface area contributed by atoms with E-state index < -0.39 is 0 Å². The second-order valence-electron chi connectivity index (χ2n) is 5.05. The van der Waals surface area contributed by atoms with Crippen LogP contribution in [0.5, 0.6) is 0 Å². The van der Waals surface area contributed by atoms with Crippen LogP contribution in [0.3, 0.4) is 0 Å². The first-order valence-corrected chi connectivity index (χ1v) is 6.76. The van der Waals surface area contributed by atoms with Crippen molar-refractivity contribution >= 4 is 11.6 Å². The Hall–Kier alpha value is -2.36. The maximum atomic E-state index is 12.3. The number of pyridine rings is 1. The third-order valence-corrected chi connectivity index (χ3v) is 3.59. The molecule has 3 rings (SSSR count). The summed E-state index contributed by atoms with van der Waals surface area (Å²) in [6, 6.07) is 11.9. The average Bonchev–Trinajstić information content (AvgIpc) is 2.90. The molecule has 0 aliphatic carbocycles. The van der Waals surface area contributed by atoms with Crippen LogP contribution in [0, 0.1) is 6.92 Å². The van der Waals surface area contributed by atoms with E-state index in [4.69, 9.17) is 0 Å². The molecule has 0 spiro atoms. The summed E-state index contributed by atoms with van der Waals surface area (Å²) in [6.07, 6.45) is 1.80. The number of fused-ring (bicyclic) bond motifs is 1. The molecule has 0 radical (unpaired) electrons. The second-order valence-corrected chi connectivity index (χ2v) is 5.05. The van der Waals surface area contributed by atoms with E-state index in [0.717, 1.165) is 22.5 Å². The molecule has 2 N–H and O–H groups in total. The Morgan fingerprint density at radius 1 is 1.35 bits per heavy atom. The number of para-hydroxylation sites is 1. The maximum absolute atomic E-state index is 12.3. The molecule has 1 atom stereocenters. The molecule has 1 aliphatic rings. The first-order chi connectivity index (χ1) is 9.74. The highest BCUT2D eigenvalue weighted by atomic mass is 16.1. The Kier molecular flexibility index (Phi) is 3.37. The van der Waals surface area contributed by atoms with Crippen molar-refractivity contribution in [2.75, 3.05) is 11.9 Å². The van der Waals surface area contributed by atoms with Gasteiger partial charge >= 0.3 is 0 Å². The van der Waals surface area contributed by atoms with Gasteiger partial charge in [0.15, 0.2) is 0 Å². The number of aromatic nitrogens is 1. The number of anilines is 1. The van der Waals surface area contributed by atoms with E-state index in [9.17, 15) is 4.79 Å². The molecule has 1 unspecified atom stereocenters. The lowest BCUT2D eigenvalue weighted by atomic mass is 10.0. The molecule has 2 heterocycles. The Morgan fingerprint density at radius 3 is 3.00 bits per heavy atom. The fourth-order valence-electron chi connectivity index (χ4n) is 2.43. The van der Waals surface area contributed by atoms with Crippen molar-refractivity contribution < 1.29 is 4.79 Å². The number of carbonyl (C=O) groups excluding carboxylic acids is 1. The molecular formula is C16H17N3O. The number of hydrogen-bond donors (Lipinski definition) is 2. The number of amides is 1. The summed E-state index contributed by atoms with van der Waals surface area (Å²) in [4.78, 5) is 16.5. The highest BCUT2D eigenvalue weighted by Gasteiger charge is 2.27. The molecule has 0 bridgehead atoms. The van der Waals surface area contributed by atoms with Crippen LogP contribution >= 0.6 is 0 Å². The molecular weight excluding hydrogens is 250 g/mol. The molecule has 1 amide bonds. The molecule has 0 saturated carbocycles. The lowest BCUT2D eigenvalue weighted by Crippen LogP contribution is -2.29. The van der Waals surface area contributed by atoms with E-state index in [1.807, 2.05) is 43.3 Å². The second kappa shape index (κ2) is 5.33. The number of aryl methyl sites for hydroxylation is 1. The van der Waals surface area contributed by atoms with Gasteiger partial charge in [0.1, 0.15) is 0 Å². The van der Waals surface area contributed by atoms with Gasteiger partial charge in [0, 0.05) is 30.7 Å². The molecule has 4 nitrogen and oxygen atoms in total. The van der Waals surface area contributed by atoms with Crippen LogP contribution in [0.2, 0.25) is 0 Å². The van der Waals surface area contributed by atoms with Gasteiger partial charge in [-0.15, -0.1) is 0 Å². The van der Waals surface area contributed by atoms with Crippen LogP contribution in [-0.4, -0.2) is 17.4 Å². The van der Waals surface area contributed by atoms with Gasteiger partial charge in [0.05, 0.1) is 5.92 Å². The zero-order chi connectivity index (χ0) is 13.9. The van der Waals surface area contributed by atoms with Crippen LogP contribution in [-0.2, 0) is 11.3 Å². The number of rotatable bonds is 3. The Bertz CT molecular complexity index is 622. The third kappa shape index (κ3) is 2.50. The highest BCUT2D eigenvalue weighted by Crippen LogP contribution is 2.30. The van der Waals surface area contributed by atoms with Gasteiger partial charge in [0.2, 0.25) is 5.91 Å². The first-order valence-electron chi connectivity index (χ1n) is 6.76. The van der Waals surface area contributed by atoms with E-state index in [-0.39, 0.29) is 11.8 Å². The number of hydrogen-bond acceptors (Lipinski definition) is 3. The molecule has 2 aromatic rings. The molecule has 20 heavy (non-hydrogen) atoms. The third-order valence-electron chi connectivity index (χ3n) is 3.59. The molecule has 102 valence electrons. The topological polar surface area (TPSA) is 54.0 Å². The lowest BCUT2D eigenvalue weighted by Gasteiger charge is -2.11. The van der Waals surface area contributed by atoms with Crippen molar-refractivity contribution in [2.45, 2.75) is 19.4 Å². The predicted octanol–water partition coefficient (Wildman–Crippen LogP) is 2.22. The molecule has 0 saturated heterocycles. The minimum absolute atomic E-state index is 0.0584. The number of nitrogens with one attached hydrogen (secondary N) is 2. The number of carbonyl (C=O) groups is 1. The SMILES string of the molecule is Cc1ccc(CNC(=O)C2CNc3ccccc32)cn1. The van der Waals surface area contributed by atoms with Crippen LogP contribution in [0.1, 0.15) is 22.7 Å². The van der Waals surface area contributed by atoms with Crippen LogP contribution in [0.15, 0.2) is 42.6 Å². The fraction of sp³-hybridized carbons (Fsp3) is 0.250.